The van der Waals surface area contributed by atoms with Gasteiger partial charge in [-0.25, -0.2) is 9.79 Å². The molecule has 0 fully saturated rings. The second kappa shape index (κ2) is 7.27. The molecule has 2 aromatic carbocycles. The summed E-state index contributed by atoms with van der Waals surface area (Å²) < 4.78 is 11.7. The highest BCUT2D eigenvalue weighted by Gasteiger charge is 2.24. The smallest absolute Gasteiger partial charge is 0.363 e. The normalized spacial score (nSPS) is 15.1. The Morgan fingerprint density at radius 1 is 1.21 bits per heavy atom. The highest BCUT2D eigenvalue weighted by atomic mass is 79.9. The van der Waals surface area contributed by atoms with E-state index in [2.05, 4.69) is 27.5 Å². The van der Waals surface area contributed by atoms with Gasteiger partial charge in [-0.15, -0.1) is 0 Å². The molecular formula is C19H14BrNO3. The molecule has 0 saturated carbocycles. The number of benzene rings is 2. The molecule has 120 valence electrons. The number of ether oxygens (including phenoxy) is 2. The van der Waals surface area contributed by atoms with Crippen LogP contribution in [-0.2, 0) is 9.53 Å². The number of rotatable bonds is 5. The number of carbonyl (C=O) groups excluding carboxylic acids is 1. The molecule has 3 rings (SSSR count). The average Bonchev–Trinajstić information content (AvgIpc) is 2.96. The first-order valence-electron chi connectivity index (χ1n) is 7.28. The molecular weight excluding hydrogens is 370 g/mol. The van der Waals surface area contributed by atoms with Gasteiger partial charge in [0.2, 0.25) is 5.90 Å². The molecule has 4 nitrogen and oxygen atoms in total. The molecule has 1 heterocycles. The number of aliphatic imine (C=N–C) groups is 1. The third kappa shape index (κ3) is 3.63. The van der Waals surface area contributed by atoms with Gasteiger partial charge in [0.25, 0.3) is 0 Å². The van der Waals surface area contributed by atoms with Gasteiger partial charge in [-0.2, -0.15) is 0 Å². The van der Waals surface area contributed by atoms with E-state index in [1.807, 2.05) is 48.5 Å². The van der Waals surface area contributed by atoms with Crippen molar-refractivity contribution in [3.8, 4) is 5.75 Å². The molecule has 0 bridgehead atoms. The van der Waals surface area contributed by atoms with Crippen LogP contribution in [0.2, 0.25) is 0 Å². The van der Waals surface area contributed by atoms with Crippen molar-refractivity contribution in [3.63, 3.8) is 0 Å². The van der Waals surface area contributed by atoms with Gasteiger partial charge in [0.1, 0.15) is 12.4 Å². The fraction of sp³-hybridized carbons (Fsp3) is 0.0526. The summed E-state index contributed by atoms with van der Waals surface area (Å²) in [6, 6.07) is 14.8. The highest BCUT2D eigenvalue weighted by Crippen LogP contribution is 2.27. The van der Waals surface area contributed by atoms with Gasteiger partial charge in [-0.1, -0.05) is 46.8 Å². The van der Waals surface area contributed by atoms with E-state index in [1.54, 1.807) is 12.2 Å². The largest absolute Gasteiger partial charge is 0.489 e. The van der Waals surface area contributed by atoms with Crippen LogP contribution in [0.25, 0.3) is 6.08 Å². The SMILES string of the molecule is C=CCOc1ccc(Br)cc1/C=C1/N=C(c2ccccc2)OC1=O. The average molecular weight is 384 g/mol. The summed E-state index contributed by atoms with van der Waals surface area (Å²) in [5, 5.41) is 0. The minimum absolute atomic E-state index is 0.232. The van der Waals surface area contributed by atoms with Gasteiger partial charge in [-0.3, -0.25) is 0 Å². The predicted octanol–water partition coefficient (Wildman–Crippen LogP) is 4.36. The summed E-state index contributed by atoms with van der Waals surface area (Å²) >= 11 is 3.42. The van der Waals surface area contributed by atoms with Crippen molar-refractivity contribution in [1.29, 1.82) is 0 Å². The molecule has 1 aliphatic rings. The third-order valence-electron chi connectivity index (χ3n) is 3.26. The monoisotopic (exact) mass is 383 g/mol. The lowest BCUT2D eigenvalue weighted by atomic mass is 10.1. The maximum atomic E-state index is 12.1. The molecule has 24 heavy (non-hydrogen) atoms. The predicted molar refractivity (Wildman–Crippen MR) is 96.9 cm³/mol. The zero-order valence-electron chi connectivity index (χ0n) is 12.7. The molecule has 0 atom stereocenters. The van der Waals surface area contributed by atoms with Crippen LogP contribution in [0.3, 0.4) is 0 Å². The van der Waals surface area contributed by atoms with E-state index in [1.165, 1.54) is 0 Å². The van der Waals surface area contributed by atoms with E-state index >= 15 is 0 Å². The molecule has 0 aliphatic carbocycles. The second-order valence-electron chi connectivity index (χ2n) is 4.98. The van der Waals surface area contributed by atoms with Crippen LogP contribution in [0.1, 0.15) is 11.1 Å². The summed E-state index contributed by atoms with van der Waals surface area (Å²) in [5.74, 6) is 0.459. The number of cyclic esters (lactones) is 1. The summed E-state index contributed by atoms with van der Waals surface area (Å²) in [5.41, 5.74) is 1.72. The maximum Gasteiger partial charge on any atom is 0.363 e. The van der Waals surface area contributed by atoms with Crippen molar-refractivity contribution < 1.29 is 14.3 Å². The van der Waals surface area contributed by atoms with Gasteiger partial charge in [0.05, 0.1) is 0 Å². The summed E-state index contributed by atoms with van der Waals surface area (Å²) in [6.45, 7) is 4.01. The Bertz CT molecular complexity index is 841. The van der Waals surface area contributed by atoms with Crippen LogP contribution in [0.15, 0.2) is 76.3 Å². The minimum atomic E-state index is -0.483. The van der Waals surface area contributed by atoms with Gasteiger partial charge in [0, 0.05) is 15.6 Å². The van der Waals surface area contributed by atoms with Crippen molar-refractivity contribution >= 4 is 33.9 Å². The van der Waals surface area contributed by atoms with E-state index in [0.29, 0.717) is 18.3 Å². The Hall–Kier alpha value is -2.66. The Morgan fingerprint density at radius 3 is 2.75 bits per heavy atom. The number of nitrogens with zero attached hydrogens (tertiary/aromatic N) is 1. The van der Waals surface area contributed by atoms with Gasteiger partial charge < -0.3 is 9.47 Å². The Balaban J connectivity index is 1.96. The molecule has 0 saturated heterocycles. The van der Waals surface area contributed by atoms with Crippen molar-refractivity contribution in [1.82, 2.24) is 0 Å². The lowest BCUT2D eigenvalue weighted by Gasteiger charge is -2.07. The Kier molecular flexibility index (Phi) is 4.91. The van der Waals surface area contributed by atoms with Crippen LogP contribution in [0.4, 0.5) is 0 Å². The molecule has 0 radical (unpaired) electrons. The topological polar surface area (TPSA) is 47.9 Å². The molecule has 0 unspecified atom stereocenters. The summed E-state index contributed by atoms with van der Waals surface area (Å²) in [6.07, 6.45) is 3.32. The van der Waals surface area contributed by atoms with E-state index in [-0.39, 0.29) is 5.70 Å². The molecule has 0 spiro atoms. The molecule has 0 amide bonds. The second-order valence-corrected chi connectivity index (χ2v) is 5.90. The standard InChI is InChI=1S/C19H14BrNO3/c1-2-10-23-17-9-8-15(20)11-14(17)12-16-19(22)24-18(21-16)13-6-4-3-5-7-13/h2-9,11-12H,1,10H2/b16-12+. The quantitative estimate of drug-likeness (QED) is 0.437. The zero-order valence-corrected chi connectivity index (χ0v) is 14.3. The molecule has 5 heteroatoms. The van der Waals surface area contributed by atoms with Crippen LogP contribution in [-0.4, -0.2) is 18.5 Å². The summed E-state index contributed by atoms with van der Waals surface area (Å²) in [7, 11) is 0. The number of hydrogen-bond acceptors (Lipinski definition) is 4. The molecule has 0 aromatic heterocycles. The van der Waals surface area contributed by atoms with Crippen molar-refractivity contribution in [2.45, 2.75) is 0 Å². The van der Waals surface area contributed by atoms with Gasteiger partial charge >= 0.3 is 5.97 Å². The number of hydrogen-bond donors (Lipinski definition) is 0. The van der Waals surface area contributed by atoms with Gasteiger partial charge in [-0.05, 0) is 36.4 Å². The fourth-order valence-electron chi connectivity index (χ4n) is 2.17. The highest BCUT2D eigenvalue weighted by molar-refractivity contribution is 9.10. The molecule has 0 N–H and O–H groups in total. The van der Waals surface area contributed by atoms with Crippen molar-refractivity contribution in [3.05, 3.63) is 82.5 Å². The number of esters is 1. The lowest BCUT2D eigenvalue weighted by molar-refractivity contribution is -0.129. The first-order chi connectivity index (χ1) is 11.7. The van der Waals surface area contributed by atoms with Crippen LogP contribution in [0, 0.1) is 0 Å². The maximum absolute atomic E-state index is 12.1. The van der Waals surface area contributed by atoms with Gasteiger partial charge in [0.15, 0.2) is 5.70 Å². The van der Waals surface area contributed by atoms with Crippen LogP contribution < -0.4 is 4.74 Å². The van der Waals surface area contributed by atoms with Crippen LogP contribution >= 0.6 is 15.9 Å². The van der Waals surface area contributed by atoms with E-state index in [0.717, 1.165) is 15.6 Å². The van der Waals surface area contributed by atoms with Crippen LogP contribution in [0.5, 0.6) is 5.75 Å². The fourth-order valence-corrected chi connectivity index (χ4v) is 2.55. The van der Waals surface area contributed by atoms with E-state index < -0.39 is 5.97 Å². The summed E-state index contributed by atoms with van der Waals surface area (Å²) in [4.78, 5) is 16.4. The molecule has 2 aromatic rings. The first-order valence-corrected chi connectivity index (χ1v) is 8.08. The first kappa shape index (κ1) is 16.2. The zero-order chi connectivity index (χ0) is 16.9. The minimum Gasteiger partial charge on any atom is -0.489 e. The Labute approximate surface area is 148 Å². The van der Waals surface area contributed by atoms with E-state index in [4.69, 9.17) is 9.47 Å². The molecule has 1 aliphatic heterocycles. The lowest BCUT2D eigenvalue weighted by Crippen LogP contribution is -2.05. The van der Waals surface area contributed by atoms with Crippen molar-refractivity contribution in [2.24, 2.45) is 4.99 Å². The van der Waals surface area contributed by atoms with E-state index in [9.17, 15) is 4.79 Å². The Morgan fingerprint density at radius 2 is 2.00 bits per heavy atom. The number of carbonyl (C=O) groups is 1. The third-order valence-corrected chi connectivity index (χ3v) is 3.76. The van der Waals surface area contributed by atoms with Crippen molar-refractivity contribution in [2.75, 3.05) is 6.61 Å². The number of halogens is 1.